The van der Waals surface area contributed by atoms with E-state index in [4.69, 9.17) is 0 Å². The van der Waals surface area contributed by atoms with Crippen LogP contribution in [0.2, 0.25) is 0 Å². The van der Waals surface area contributed by atoms with Gasteiger partial charge in [0.05, 0.1) is 11.6 Å². The summed E-state index contributed by atoms with van der Waals surface area (Å²) in [7, 11) is 0. The van der Waals surface area contributed by atoms with Crippen LogP contribution >= 0.6 is 0 Å². The Kier molecular flexibility index (Phi) is 4.74. The molecule has 0 saturated carbocycles. The number of pyridine rings is 1. The van der Waals surface area contributed by atoms with Gasteiger partial charge >= 0.3 is 0 Å². The van der Waals surface area contributed by atoms with E-state index in [2.05, 4.69) is 28.9 Å². The maximum absolute atomic E-state index is 14.4. The van der Waals surface area contributed by atoms with Crippen molar-refractivity contribution in [2.24, 2.45) is 11.8 Å². The second-order valence-corrected chi connectivity index (χ2v) is 8.27. The molecule has 3 atom stereocenters. The van der Waals surface area contributed by atoms with E-state index < -0.39 is 5.82 Å². The average molecular weight is 401 g/mol. The van der Waals surface area contributed by atoms with Crippen LogP contribution < -0.4 is 4.90 Å². The van der Waals surface area contributed by atoms with Gasteiger partial charge in [-0.3, -0.25) is 9.78 Å². The minimum absolute atomic E-state index is 0.0601. The first-order chi connectivity index (χ1) is 14.6. The summed E-state index contributed by atoms with van der Waals surface area (Å²) in [6.45, 7) is 4.48. The Morgan fingerprint density at radius 1 is 0.967 bits per heavy atom. The number of rotatable bonds is 3. The molecule has 2 aliphatic heterocycles. The van der Waals surface area contributed by atoms with E-state index in [1.807, 2.05) is 41.6 Å². The van der Waals surface area contributed by atoms with Crippen LogP contribution in [0.25, 0.3) is 0 Å². The maximum Gasteiger partial charge on any atom is 0.257 e. The number of aromatic nitrogens is 1. The van der Waals surface area contributed by atoms with E-state index in [0.29, 0.717) is 18.4 Å². The van der Waals surface area contributed by atoms with E-state index in [9.17, 15) is 9.18 Å². The van der Waals surface area contributed by atoms with Crippen molar-refractivity contribution in [3.8, 4) is 0 Å². The van der Waals surface area contributed by atoms with Crippen molar-refractivity contribution in [1.82, 2.24) is 9.88 Å². The monoisotopic (exact) mass is 401 g/mol. The first-order valence-corrected chi connectivity index (χ1v) is 10.4. The van der Waals surface area contributed by atoms with Crippen molar-refractivity contribution >= 4 is 11.6 Å². The highest BCUT2D eigenvalue weighted by atomic mass is 19.1. The van der Waals surface area contributed by atoms with Gasteiger partial charge in [-0.2, -0.15) is 0 Å². The van der Waals surface area contributed by atoms with Crippen LogP contribution in [0.3, 0.4) is 0 Å². The number of carbonyl (C=O) groups is 1. The third-order valence-corrected chi connectivity index (χ3v) is 6.56. The van der Waals surface area contributed by atoms with Gasteiger partial charge in [0.2, 0.25) is 0 Å². The Morgan fingerprint density at radius 2 is 1.70 bits per heavy atom. The fraction of sp³-hybridized carbons (Fsp3) is 0.280. The van der Waals surface area contributed by atoms with Crippen LogP contribution in [0.1, 0.15) is 27.5 Å². The van der Waals surface area contributed by atoms with Crippen LogP contribution in [0.4, 0.5) is 10.1 Å². The first-order valence-electron chi connectivity index (χ1n) is 10.4. The Labute approximate surface area is 176 Å². The molecule has 0 spiro atoms. The summed E-state index contributed by atoms with van der Waals surface area (Å²) in [5.41, 5.74) is 3.64. The predicted octanol–water partition coefficient (Wildman–Crippen LogP) is 4.48. The molecule has 0 N–H and O–H groups in total. The fourth-order valence-electron chi connectivity index (χ4n) is 5.13. The van der Waals surface area contributed by atoms with E-state index in [-0.39, 0.29) is 17.5 Å². The quantitative estimate of drug-likeness (QED) is 0.649. The molecule has 2 fully saturated rings. The number of hydrogen-bond acceptors (Lipinski definition) is 3. The van der Waals surface area contributed by atoms with Crippen molar-refractivity contribution in [1.29, 1.82) is 0 Å². The van der Waals surface area contributed by atoms with Crippen molar-refractivity contribution in [2.75, 3.05) is 24.5 Å². The molecular weight excluding hydrogens is 377 g/mol. The van der Waals surface area contributed by atoms with Gasteiger partial charge in [0.25, 0.3) is 5.91 Å². The Balaban J connectivity index is 1.51. The zero-order valence-electron chi connectivity index (χ0n) is 16.9. The molecule has 2 aliphatic rings. The number of halogens is 1. The molecule has 0 unspecified atom stereocenters. The lowest BCUT2D eigenvalue weighted by Crippen LogP contribution is -2.36. The second kappa shape index (κ2) is 7.56. The molecule has 2 aromatic carbocycles. The van der Waals surface area contributed by atoms with Gasteiger partial charge in [-0.05, 0) is 42.3 Å². The summed E-state index contributed by atoms with van der Waals surface area (Å²) in [6, 6.07) is 18.5. The molecule has 0 radical (unpaired) electrons. The molecule has 152 valence electrons. The molecule has 1 amide bonds. The molecule has 4 nitrogen and oxygen atoms in total. The highest BCUT2D eigenvalue weighted by molar-refractivity contribution is 5.95. The Hall–Kier alpha value is -3.21. The number of aryl methyl sites for hydroxylation is 1. The normalized spacial score (nSPS) is 22.9. The van der Waals surface area contributed by atoms with Crippen molar-refractivity contribution in [3.05, 3.63) is 95.6 Å². The lowest BCUT2D eigenvalue weighted by molar-refractivity contribution is 0.0710. The van der Waals surface area contributed by atoms with Gasteiger partial charge in [-0.25, -0.2) is 4.39 Å². The van der Waals surface area contributed by atoms with Gasteiger partial charge in [0, 0.05) is 49.6 Å². The van der Waals surface area contributed by atoms with Crippen LogP contribution in [-0.4, -0.2) is 35.4 Å². The summed E-state index contributed by atoms with van der Waals surface area (Å²) >= 11 is 0. The highest BCUT2D eigenvalue weighted by Gasteiger charge is 2.49. The van der Waals surface area contributed by atoms with Crippen LogP contribution in [0, 0.1) is 24.6 Å². The Morgan fingerprint density at radius 3 is 2.47 bits per heavy atom. The number of likely N-dealkylation sites (tertiary alicyclic amines) is 1. The number of anilines is 1. The second-order valence-electron chi connectivity index (χ2n) is 8.27. The molecule has 0 aliphatic carbocycles. The minimum atomic E-state index is -0.457. The molecule has 2 saturated heterocycles. The van der Waals surface area contributed by atoms with Gasteiger partial charge in [-0.1, -0.05) is 36.4 Å². The van der Waals surface area contributed by atoms with Crippen molar-refractivity contribution in [2.45, 2.75) is 13.0 Å². The SMILES string of the molecule is Cc1ccccc1[C@@H]1[C@H]2CN(c3ccncc3)C[C@H]2CN1C(=O)c1ccccc1F. The van der Waals surface area contributed by atoms with E-state index in [0.717, 1.165) is 29.9 Å². The Bertz CT molecular complexity index is 1070. The minimum Gasteiger partial charge on any atom is -0.371 e. The van der Waals surface area contributed by atoms with Crippen LogP contribution in [0.15, 0.2) is 73.1 Å². The summed E-state index contributed by atoms with van der Waals surface area (Å²) in [5, 5.41) is 0. The van der Waals surface area contributed by atoms with Crippen molar-refractivity contribution in [3.63, 3.8) is 0 Å². The van der Waals surface area contributed by atoms with E-state index in [1.54, 1.807) is 18.2 Å². The smallest absolute Gasteiger partial charge is 0.257 e. The summed E-state index contributed by atoms with van der Waals surface area (Å²) in [6.07, 6.45) is 3.63. The molecular formula is C25H24FN3O. The molecule has 5 heteroatoms. The number of benzene rings is 2. The summed E-state index contributed by atoms with van der Waals surface area (Å²) in [4.78, 5) is 21.8. The number of amides is 1. The molecule has 0 bridgehead atoms. The van der Waals surface area contributed by atoms with Gasteiger partial charge in [0.1, 0.15) is 5.82 Å². The van der Waals surface area contributed by atoms with E-state index >= 15 is 0 Å². The largest absolute Gasteiger partial charge is 0.371 e. The average Bonchev–Trinajstić information content (AvgIpc) is 3.33. The third-order valence-electron chi connectivity index (χ3n) is 6.56. The molecule has 5 rings (SSSR count). The molecule has 3 aromatic rings. The third kappa shape index (κ3) is 3.15. The number of nitrogens with zero attached hydrogens (tertiary/aromatic N) is 3. The zero-order valence-corrected chi connectivity index (χ0v) is 16.9. The van der Waals surface area contributed by atoms with Crippen LogP contribution in [-0.2, 0) is 0 Å². The van der Waals surface area contributed by atoms with E-state index in [1.165, 1.54) is 6.07 Å². The summed E-state index contributed by atoms with van der Waals surface area (Å²) < 4.78 is 14.4. The number of hydrogen-bond donors (Lipinski definition) is 0. The predicted molar refractivity (Wildman–Crippen MR) is 115 cm³/mol. The van der Waals surface area contributed by atoms with Gasteiger partial charge < -0.3 is 9.80 Å². The lowest BCUT2D eigenvalue weighted by Gasteiger charge is -2.31. The zero-order chi connectivity index (χ0) is 20.7. The van der Waals surface area contributed by atoms with Gasteiger partial charge in [0.15, 0.2) is 0 Å². The molecule has 30 heavy (non-hydrogen) atoms. The lowest BCUT2D eigenvalue weighted by atomic mass is 9.87. The number of fused-ring (bicyclic) bond motifs is 1. The standard InChI is InChI=1S/C25H24FN3O/c1-17-6-2-3-7-20(17)24-22-16-28(19-10-12-27-13-11-19)14-18(22)15-29(24)25(30)21-8-4-5-9-23(21)26/h2-13,18,22,24H,14-16H2,1H3/t18-,22-,24+/m0/s1. The number of carbonyl (C=O) groups excluding carboxylic acids is 1. The first kappa shape index (κ1) is 18.8. The maximum atomic E-state index is 14.4. The molecule has 1 aromatic heterocycles. The van der Waals surface area contributed by atoms with Crippen molar-refractivity contribution < 1.29 is 9.18 Å². The fourth-order valence-corrected chi connectivity index (χ4v) is 5.13. The molecule has 3 heterocycles. The highest BCUT2D eigenvalue weighted by Crippen LogP contribution is 2.47. The topological polar surface area (TPSA) is 36.4 Å². The summed E-state index contributed by atoms with van der Waals surface area (Å²) in [5.74, 6) is -0.0267. The van der Waals surface area contributed by atoms with Crippen LogP contribution in [0.5, 0.6) is 0 Å². The van der Waals surface area contributed by atoms with Gasteiger partial charge in [-0.15, -0.1) is 0 Å².